The quantitative estimate of drug-likeness (QED) is 0.836. The maximum atomic E-state index is 12.9. The number of ether oxygens (including phenoxy) is 2. The van der Waals surface area contributed by atoms with Gasteiger partial charge in [0.2, 0.25) is 0 Å². The average Bonchev–Trinajstić information content (AvgIpc) is 2.78. The number of para-hydroxylation sites is 2. The van der Waals surface area contributed by atoms with Crippen LogP contribution < -0.4 is 14.8 Å². The summed E-state index contributed by atoms with van der Waals surface area (Å²) in [5, 5.41) is 3.42. The number of carbonyl (C=O) groups is 1. The molecule has 1 saturated heterocycles. The van der Waals surface area contributed by atoms with Crippen molar-refractivity contribution in [1.29, 1.82) is 0 Å². The van der Waals surface area contributed by atoms with Crippen LogP contribution in [-0.2, 0) is 17.8 Å². The van der Waals surface area contributed by atoms with Crippen molar-refractivity contribution in [2.75, 3.05) is 26.7 Å². The predicted octanol–water partition coefficient (Wildman–Crippen LogP) is 2.30. The van der Waals surface area contributed by atoms with E-state index >= 15 is 0 Å². The van der Waals surface area contributed by atoms with E-state index in [-0.39, 0.29) is 5.91 Å². The zero-order valence-corrected chi connectivity index (χ0v) is 17.1. The molecule has 1 aromatic heterocycles. The van der Waals surface area contributed by atoms with Gasteiger partial charge >= 0.3 is 0 Å². The van der Waals surface area contributed by atoms with Gasteiger partial charge in [0, 0.05) is 43.7 Å². The van der Waals surface area contributed by atoms with Crippen LogP contribution in [0.15, 0.2) is 30.5 Å². The van der Waals surface area contributed by atoms with E-state index in [0.29, 0.717) is 30.5 Å². The molecule has 7 nitrogen and oxygen atoms in total. The first kappa shape index (κ1) is 19.6. The molecule has 1 aromatic carbocycles. The van der Waals surface area contributed by atoms with Gasteiger partial charge in [-0.25, -0.2) is 9.97 Å². The lowest BCUT2D eigenvalue weighted by molar-refractivity contribution is -0.139. The molecule has 0 saturated carbocycles. The van der Waals surface area contributed by atoms with Gasteiger partial charge in [-0.2, -0.15) is 0 Å². The summed E-state index contributed by atoms with van der Waals surface area (Å²) in [5.41, 5.74) is 2.10. The number of methoxy groups -OCH3 is 1. The fourth-order valence-electron chi connectivity index (χ4n) is 4.00. The molecule has 4 rings (SSSR count). The highest BCUT2D eigenvalue weighted by atomic mass is 16.5. The molecule has 0 radical (unpaired) electrons. The van der Waals surface area contributed by atoms with Gasteiger partial charge in [-0.3, -0.25) is 4.79 Å². The van der Waals surface area contributed by atoms with Crippen LogP contribution in [0, 0.1) is 0 Å². The molecule has 1 N–H and O–H groups in total. The van der Waals surface area contributed by atoms with Crippen LogP contribution in [0.1, 0.15) is 42.8 Å². The smallest absolute Gasteiger partial charge is 0.263 e. The summed E-state index contributed by atoms with van der Waals surface area (Å²) >= 11 is 0. The van der Waals surface area contributed by atoms with Crippen molar-refractivity contribution in [3.8, 4) is 11.5 Å². The molecule has 0 spiro atoms. The van der Waals surface area contributed by atoms with E-state index in [1.165, 1.54) is 0 Å². The number of piperidine rings is 1. The summed E-state index contributed by atoms with van der Waals surface area (Å²) in [5.74, 6) is 2.48. The summed E-state index contributed by atoms with van der Waals surface area (Å²) in [6, 6.07) is 7.37. The van der Waals surface area contributed by atoms with Crippen molar-refractivity contribution in [1.82, 2.24) is 20.2 Å². The number of hydrogen-bond donors (Lipinski definition) is 1. The summed E-state index contributed by atoms with van der Waals surface area (Å²) in [4.78, 5) is 24.2. The Hall–Kier alpha value is -2.67. The van der Waals surface area contributed by atoms with Crippen molar-refractivity contribution in [3.05, 3.63) is 47.5 Å². The molecule has 2 atom stereocenters. The minimum absolute atomic E-state index is 0.0397. The molecule has 0 bridgehead atoms. The van der Waals surface area contributed by atoms with E-state index in [2.05, 4.69) is 10.3 Å². The van der Waals surface area contributed by atoms with Crippen LogP contribution >= 0.6 is 0 Å². The van der Waals surface area contributed by atoms with E-state index in [1.807, 2.05) is 35.4 Å². The number of benzene rings is 1. The monoisotopic (exact) mass is 396 g/mol. The van der Waals surface area contributed by atoms with Crippen molar-refractivity contribution in [2.45, 2.75) is 44.8 Å². The summed E-state index contributed by atoms with van der Waals surface area (Å²) in [6.45, 7) is 4.97. The highest BCUT2D eigenvalue weighted by Gasteiger charge is 2.28. The summed E-state index contributed by atoms with van der Waals surface area (Å²) in [7, 11) is 1.59. The van der Waals surface area contributed by atoms with E-state index in [0.717, 1.165) is 49.4 Å². The standard InChI is InChI=1S/C22H28N4O3/c1-15(29-20-8-4-3-7-19(20)28-2)22(27)26-11-9-18-17(14-26)13-24-21(25-18)16-6-5-10-23-12-16/h3-4,7-8,13,15-16,23H,5-6,9-12,14H2,1-2H3/t15-,16+/m0/s1. The number of amides is 1. The molecule has 2 aromatic rings. The molecule has 154 valence electrons. The Balaban J connectivity index is 1.41. The van der Waals surface area contributed by atoms with Crippen molar-refractivity contribution in [2.24, 2.45) is 0 Å². The molecule has 1 amide bonds. The van der Waals surface area contributed by atoms with Crippen LogP contribution in [0.3, 0.4) is 0 Å². The minimum Gasteiger partial charge on any atom is -0.493 e. The number of carbonyl (C=O) groups excluding carboxylic acids is 1. The van der Waals surface area contributed by atoms with Crippen molar-refractivity contribution in [3.63, 3.8) is 0 Å². The van der Waals surface area contributed by atoms with Gasteiger partial charge in [0.15, 0.2) is 17.6 Å². The van der Waals surface area contributed by atoms with Gasteiger partial charge in [-0.15, -0.1) is 0 Å². The van der Waals surface area contributed by atoms with Crippen LogP contribution in [0.4, 0.5) is 0 Å². The molecule has 3 heterocycles. The second kappa shape index (κ2) is 8.78. The molecule has 2 aliphatic rings. The SMILES string of the molecule is COc1ccccc1O[C@@H](C)C(=O)N1CCc2nc([C@@H]3CCCNC3)ncc2C1. The Morgan fingerprint density at radius 2 is 2.14 bits per heavy atom. The molecule has 29 heavy (non-hydrogen) atoms. The highest BCUT2D eigenvalue weighted by molar-refractivity contribution is 5.81. The fourth-order valence-corrected chi connectivity index (χ4v) is 4.00. The van der Waals surface area contributed by atoms with Crippen molar-refractivity contribution >= 4 is 5.91 Å². The number of hydrogen-bond acceptors (Lipinski definition) is 6. The lowest BCUT2D eigenvalue weighted by Crippen LogP contribution is -2.43. The Kier molecular flexibility index (Phi) is 5.94. The van der Waals surface area contributed by atoms with Crippen LogP contribution in [0.5, 0.6) is 11.5 Å². The maximum absolute atomic E-state index is 12.9. The number of nitrogens with zero attached hydrogens (tertiary/aromatic N) is 3. The molecular formula is C22H28N4O3. The number of fused-ring (bicyclic) bond motifs is 1. The van der Waals surface area contributed by atoms with Gasteiger partial charge in [0.1, 0.15) is 5.82 Å². The largest absolute Gasteiger partial charge is 0.493 e. The zero-order valence-electron chi connectivity index (χ0n) is 17.1. The van der Waals surface area contributed by atoms with Crippen LogP contribution in [-0.4, -0.2) is 53.6 Å². The second-order valence-corrected chi connectivity index (χ2v) is 7.66. The van der Waals surface area contributed by atoms with Gasteiger partial charge < -0.3 is 19.7 Å². The third-order valence-corrected chi connectivity index (χ3v) is 5.65. The topological polar surface area (TPSA) is 76.6 Å². The van der Waals surface area contributed by atoms with Gasteiger partial charge in [-0.1, -0.05) is 12.1 Å². The van der Waals surface area contributed by atoms with E-state index in [9.17, 15) is 4.79 Å². The van der Waals surface area contributed by atoms with Crippen molar-refractivity contribution < 1.29 is 14.3 Å². The van der Waals surface area contributed by atoms with Crippen LogP contribution in [0.2, 0.25) is 0 Å². The first-order valence-corrected chi connectivity index (χ1v) is 10.3. The third kappa shape index (κ3) is 4.34. The second-order valence-electron chi connectivity index (χ2n) is 7.66. The lowest BCUT2D eigenvalue weighted by atomic mass is 9.98. The summed E-state index contributed by atoms with van der Waals surface area (Å²) < 4.78 is 11.2. The van der Waals surface area contributed by atoms with Gasteiger partial charge in [0.25, 0.3) is 5.91 Å². The number of rotatable bonds is 5. The average molecular weight is 396 g/mol. The minimum atomic E-state index is -0.596. The van der Waals surface area contributed by atoms with Gasteiger partial charge in [0.05, 0.1) is 12.8 Å². The van der Waals surface area contributed by atoms with Crippen LogP contribution in [0.25, 0.3) is 0 Å². The molecule has 2 aliphatic heterocycles. The third-order valence-electron chi connectivity index (χ3n) is 5.65. The number of nitrogens with one attached hydrogen (secondary N) is 1. The predicted molar refractivity (Wildman–Crippen MR) is 109 cm³/mol. The zero-order chi connectivity index (χ0) is 20.2. The number of aromatic nitrogens is 2. The maximum Gasteiger partial charge on any atom is 0.263 e. The normalized spacial score (nSPS) is 19.9. The molecule has 0 aliphatic carbocycles. The van der Waals surface area contributed by atoms with E-state index < -0.39 is 6.10 Å². The Morgan fingerprint density at radius 3 is 2.90 bits per heavy atom. The first-order valence-electron chi connectivity index (χ1n) is 10.3. The highest BCUT2D eigenvalue weighted by Crippen LogP contribution is 2.28. The Morgan fingerprint density at radius 1 is 1.31 bits per heavy atom. The Bertz CT molecular complexity index is 867. The summed E-state index contributed by atoms with van der Waals surface area (Å²) in [6.07, 6.45) is 4.35. The fraction of sp³-hybridized carbons (Fsp3) is 0.500. The Labute approximate surface area is 171 Å². The first-order chi connectivity index (χ1) is 14.2. The molecule has 1 fully saturated rings. The molecular weight excluding hydrogens is 368 g/mol. The molecule has 7 heteroatoms. The van der Waals surface area contributed by atoms with E-state index in [4.69, 9.17) is 14.5 Å². The molecule has 0 unspecified atom stereocenters. The van der Waals surface area contributed by atoms with E-state index in [1.54, 1.807) is 14.0 Å². The lowest BCUT2D eigenvalue weighted by Gasteiger charge is -2.31. The van der Waals surface area contributed by atoms with Gasteiger partial charge in [-0.05, 0) is 38.4 Å².